The van der Waals surface area contributed by atoms with Crippen LogP contribution in [0.5, 0.6) is 0 Å². The minimum atomic E-state index is -0.473. The summed E-state index contributed by atoms with van der Waals surface area (Å²) in [5.74, 6) is 1.58. The highest BCUT2D eigenvalue weighted by Gasteiger charge is 2.64. The Kier molecular flexibility index (Phi) is 3.99. The van der Waals surface area contributed by atoms with Crippen molar-refractivity contribution in [3.05, 3.63) is 0 Å². The van der Waals surface area contributed by atoms with E-state index in [1.807, 2.05) is 0 Å². The number of quaternary nitrogens is 1. The van der Waals surface area contributed by atoms with Crippen LogP contribution in [-0.2, 0) is 19.0 Å². The van der Waals surface area contributed by atoms with Gasteiger partial charge in [-0.3, -0.25) is 4.79 Å². The molecule has 2 N–H and O–H groups in total. The molecular weight excluding hydrogens is 322 g/mol. The molecule has 6 heteroatoms. The van der Waals surface area contributed by atoms with E-state index in [1.54, 1.807) is 7.11 Å². The highest BCUT2D eigenvalue weighted by molar-refractivity contribution is 5.87. The molecule has 6 nitrogen and oxygen atoms in total. The maximum absolute atomic E-state index is 13.5. The molecule has 0 spiro atoms. The maximum atomic E-state index is 13.5. The summed E-state index contributed by atoms with van der Waals surface area (Å²) in [5, 5.41) is 11.2. The molecule has 2 aliphatic heterocycles. The van der Waals surface area contributed by atoms with Crippen LogP contribution in [0.2, 0.25) is 0 Å². The minimum Gasteiger partial charge on any atom is -0.390 e. The number of nitrogens with one attached hydrogen (secondary N) is 1. The van der Waals surface area contributed by atoms with Gasteiger partial charge in [0, 0.05) is 24.9 Å². The number of Topliss-reactive ketones (excluding diaryl/α,β-unsaturated/α-hetero) is 1. The van der Waals surface area contributed by atoms with Gasteiger partial charge >= 0.3 is 0 Å². The number of likely N-dealkylation sites (tertiary alicyclic amines) is 1. The second-order valence-corrected chi connectivity index (χ2v) is 8.95. The molecule has 140 valence electrons. The van der Waals surface area contributed by atoms with Crippen LogP contribution >= 0.6 is 0 Å². The standard InChI is InChI=1S/C19H29NO5/c1-20-4-3-9-5-14(23-2)19(22)16-10-6-12-13(25-8-24-12)7-11(10)18(21)17(20)15(9)16/h9-17,19,22H,3-8H2,1-2H3/p+1. The average Bonchev–Trinajstić information content (AvgIpc) is 3.07. The second-order valence-electron chi connectivity index (χ2n) is 8.95. The first-order chi connectivity index (χ1) is 12.1. The minimum absolute atomic E-state index is 0.00755. The molecule has 2 saturated heterocycles. The van der Waals surface area contributed by atoms with Crippen molar-refractivity contribution in [3.8, 4) is 0 Å². The Morgan fingerprint density at radius 1 is 1.16 bits per heavy atom. The summed E-state index contributed by atoms with van der Waals surface area (Å²) in [6.45, 7) is 1.39. The largest absolute Gasteiger partial charge is 0.390 e. The summed E-state index contributed by atoms with van der Waals surface area (Å²) >= 11 is 0. The lowest BCUT2D eigenvalue weighted by atomic mass is 9.50. The molecule has 5 rings (SSSR count). The van der Waals surface area contributed by atoms with Gasteiger partial charge in [0.2, 0.25) is 0 Å². The van der Waals surface area contributed by atoms with Gasteiger partial charge in [-0.15, -0.1) is 0 Å². The summed E-state index contributed by atoms with van der Waals surface area (Å²) in [4.78, 5) is 14.8. The highest BCUT2D eigenvalue weighted by atomic mass is 16.7. The summed E-state index contributed by atoms with van der Waals surface area (Å²) in [5.41, 5.74) is 0. The van der Waals surface area contributed by atoms with Crippen LogP contribution in [0.3, 0.4) is 0 Å². The van der Waals surface area contributed by atoms with Gasteiger partial charge in [0.25, 0.3) is 0 Å². The molecule has 3 saturated carbocycles. The summed E-state index contributed by atoms with van der Waals surface area (Å²) in [7, 11) is 3.87. The Bertz CT molecular complexity index is 556. The second kappa shape index (κ2) is 5.99. The van der Waals surface area contributed by atoms with E-state index in [-0.39, 0.29) is 42.1 Å². The van der Waals surface area contributed by atoms with Crippen LogP contribution in [-0.4, -0.2) is 68.8 Å². The van der Waals surface area contributed by atoms with Gasteiger partial charge in [0.1, 0.15) is 6.79 Å². The first-order valence-electron chi connectivity index (χ1n) is 9.90. The predicted molar refractivity (Wildman–Crippen MR) is 87.9 cm³/mol. The molecule has 0 aromatic rings. The van der Waals surface area contributed by atoms with Gasteiger partial charge in [-0.25, -0.2) is 0 Å². The summed E-state index contributed by atoms with van der Waals surface area (Å²) in [6, 6.07) is 0.0383. The van der Waals surface area contributed by atoms with Crippen molar-refractivity contribution < 1.29 is 29.0 Å². The molecule has 0 radical (unpaired) electrons. The molecule has 2 heterocycles. The van der Waals surface area contributed by atoms with E-state index in [0.29, 0.717) is 24.4 Å². The Morgan fingerprint density at radius 3 is 2.68 bits per heavy atom. The van der Waals surface area contributed by atoms with E-state index in [2.05, 4.69) is 7.05 Å². The molecule has 11 atom stereocenters. The fourth-order valence-corrected chi connectivity index (χ4v) is 7.00. The zero-order chi connectivity index (χ0) is 17.3. The fourth-order valence-electron chi connectivity index (χ4n) is 7.00. The topological polar surface area (TPSA) is 69.4 Å². The van der Waals surface area contributed by atoms with Crippen LogP contribution < -0.4 is 4.90 Å². The number of rotatable bonds is 1. The highest BCUT2D eigenvalue weighted by Crippen LogP contribution is 2.54. The fraction of sp³-hybridized carbons (Fsp3) is 0.947. The van der Waals surface area contributed by atoms with E-state index in [9.17, 15) is 9.90 Å². The third kappa shape index (κ3) is 2.31. The first-order valence-corrected chi connectivity index (χ1v) is 9.90. The van der Waals surface area contributed by atoms with Crippen molar-refractivity contribution in [2.24, 2.45) is 29.6 Å². The monoisotopic (exact) mass is 352 g/mol. The average molecular weight is 352 g/mol. The molecule has 0 aromatic carbocycles. The van der Waals surface area contributed by atoms with Crippen LogP contribution in [0, 0.1) is 29.6 Å². The molecule has 25 heavy (non-hydrogen) atoms. The number of aliphatic hydroxyl groups is 1. The van der Waals surface area contributed by atoms with Crippen LogP contribution in [0.25, 0.3) is 0 Å². The summed E-state index contributed by atoms with van der Waals surface area (Å²) < 4.78 is 17.2. The number of piperidine rings is 1. The van der Waals surface area contributed by atoms with E-state index >= 15 is 0 Å². The van der Waals surface area contributed by atoms with Crippen LogP contribution in [0.15, 0.2) is 0 Å². The third-order valence-electron chi connectivity index (χ3n) is 8.08. The number of aliphatic hydroxyl groups excluding tert-OH is 1. The number of hydrogen-bond donors (Lipinski definition) is 2. The van der Waals surface area contributed by atoms with Crippen molar-refractivity contribution in [1.82, 2.24) is 0 Å². The molecule has 0 aromatic heterocycles. The van der Waals surface area contributed by atoms with Gasteiger partial charge in [-0.1, -0.05) is 0 Å². The molecule has 5 aliphatic rings. The zero-order valence-electron chi connectivity index (χ0n) is 15.1. The molecular formula is C19H30NO5+. The maximum Gasteiger partial charge on any atom is 0.193 e. The number of ether oxygens (including phenoxy) is 3. The lowest BCUT2D eigenvalue weighted by Gasteiger charge is -2.58. The zero-order valence-corrected chi connectivity index (χ0v) is 15.1. The van der Waals surface area contributed by atoms with Gasteiger partial charge in [0.05, 0.1) is 38.0 Å². The van der Waals surface area contributed by atoms with Crippen molar-refractivity contribution >= 4 is 5.78 Å². The van der Waals surface area contributed by atoms with Crippen molar-refractivity contribution in [2.75, 3.05) is 27.5 Å². The Balaban J connectivity index is 1.54. The Morgan fingerprint density at radius 2 is 1.92 bits per heavy atom. The number of hydrogen-bond acceptors (Lipinski definition) is 5. The number of ketones is 1. The van der Waals surface area contributed by atoms with Gasteiger partial charge in [0.15, 0.2) is 11.8 Å². The smallest absolute Gasteiger partial charge is 0.193 e. The molecule has 0 amide bonds. The van der Waals surface area contributed by atoms with Crippen molar-refractivity contribution in [1.29, 1.82) is 0 Å². The van der Waals surface area contributed by atoms with Gasteiger partial charge in [-0.2, -0.15) is 0 Å². The molecule has 0 bridgehead atoms. The number of fused-ring (bicyclic) bond motifs is 3. The predicted octanol–water partition coefficient (Wildman–Crippen LogP) is -0.748. The van der Waals surface area contributed by atoms with Crippen LogP contribution in [0.4, 0.5) is 0 Å². The lowest BCUT2D eigenvalue weighted by molar-refractivity contribution is -0.909. The Labute approximate surface area is 148 Å². The van der Waals surface area contributed by atoms with Crippen molar-refractivity contribution in [3.63, 3.8) is 0 Å². The first kappa shape index (κ1) is 16.6. The molecule has 5 fully saturated rings. The van der Waals surface area contributed by atoms with E-state index in [1.165, 1.54) is 4.90 Å². The Hall–Kier alpha value is -0.530. The number of carbonyl (C=O) groups is 1. The molecule has 11 unspecified atom stereocenters. The van der Waals surface area contributed by atoms with Gasteiger partial charge < -0.3 is 24.2 Å². The lowest BCUT2D eigenvalue weighted by Crippen LogP contribution is -3.17. The van der Waals surface area contributed by atoms with E-state index in [4.69, 9.17) is 14.2 Å². The van der Waals surface area contributed by atoms with Gasteiger partial charge in [-0.05, 0) is 37.5 Å². The third-order valence-corrected chi connectivity index (χ3v) is 8.08. The number of methoxy groups -OCH3 is 1. The van der Waals surface area contributed by atoms with Crippen molar-refractivity contribution in [2.45, 2.75) is 56.1 Å². The van der Waals surface area contributed by atoms with E-state index in [0.717, 1.165) is 32.2 Å². The molecule has 3 aliphatic carbocycles. The normalized spacial score (nSPS) is 57.6. The summed E-state index contributed by atoms with van der Waals surface area (Å²) in [6.07, 6.45) is 3.19. The quantitative estimate of drug-likeness (QED) is 0.650. The SMILES string of the molecule is COC1CC2CC[NH+](C)C3C(=O)C4CC5OCOC5CC4C(C1O)C23. The number of likely N-dealkylation sites (N-methyl/N-ethyl adjacent to an activating group) is 1. The van der Waals surface area contributed by atoms with E-state index < -0.39 is 6.10 Å². The van der Waals surface area contributed by atoms with Crippen LogP contribution in [0.1, 0.15) is 25.7 Å². The number of carbonyl (C=O) groups excluding carboxylic acids is 1.